The smallest absolute Gasteiger partial charge is 0.129 e. The molecule has 1 saturated carbocycles. The first-order chi connectivity index (χ1) is 7.66. The predicted octanol–water partition coefficient (Wildman–Crippen LogP) is 3.02. The van der Waals surface area contributed by atoms with E-state index < -0.39 is 0 Å². The molecule has 0 amide bonds. The van der Waals surface area contributed by atoms with E-state index in [0.717, 1.165) is 23.5 Å². The van der Waals surface area contributed by atoms with Gasteiger partial charge in [-0.15, -0.1) is 0 Å². The minimum absolute atomic E-state index is 0.568. The molecule has 1 aromatic rings. The molecule has 3 heteroatoms. The maximum atomic E-state index is 4.40. The summed E-state index contributed by atoms with van der Waals surface area (Å²) in [7, 11) is 0. The highest BCUT2D eigenvalue weighted by Crippen LogP contribution is 2.31. The average Bonchev–Trinajstić information content (AvgIpc) is 2.25. The van der Waals surface area contributed by atoms with Crippen molar-refractivity contribution in [1.82, 2.24) is 9.97 Å². The van der Waals surface area contributed by atoms with Gasteiger partial charge in [-0.05, 0) is 31.2 Å². The van der Waals surface area contributed by atoms with E-state index in [1.807, 2.05) is 19.2 Å². The molecule has 1 N–H and O–H groups in total. The Hall–Kier alpha value is -1.12. The number of hydrogen-bond acceptors (Lipinski definition) is 3. The van der Waals surface area contributed by atoms with Gasteiger partial charge in [-0.2, -0.15) is 0 Å². The third-order valence-electron chi connectivity index (χ3n) is 3.82. The summed E-state index contributed by atoms with van der Waals surface area (Å²) in [4.78, 5) is 8.52. The molecule has 0 bridgehead atoms. The Morgan fingerprint density at radius 3 is 2.88 bits per heavy atom. The third-order valence-corrected chi connectivity index (χ3v) is 3.82. The van der Waals surface area contributed by atoms with Crippen LogP contribution in [0.15, 0.2) is 12.3 Å². The van der Waals surface area contributed by atoms with E-state index in [9.17, 15) is 0 Å². The van der Waals surface area contributed by atoms with Gasteiger partial charge in [0.1, 0.15) is 11.6 Å². The molecule has 88 valence electrons. The van der Waals surface area contributed by atoms with Gasteiger partial charge in [0.2, 0.25) is 0 Å². The average molecular weight is 219 g/mol. The van der Waals surface area contributed by atoms with Gasteiger partial charge in [-0.25, -0.2) is 9.97 Å². The lowest BCUT2D eigenvalue weighted by Crippen LogP contribution is -2.35. The Kier molecular flexibility index (Phi) is 3.42. The van der Waals surface area contributed by atoms with E-state index in [2.05, 4.69) is 29.1 Å². The summed E-state index contributed by atoms with van der Waals surface area (Å²) in [5, 5.41) is 3.55. The fourth-order valence-electron chi connectivity index (χ4n) is 2.51. The fourth-order valence-corrected chi connectivity index (χ4v) is 2.51. The molecule has 1 aliphatic carbocycles. The standard InChI is InChI=1S/C13H21N3/c1-9-5-4-6-12(10(9)2)16-13-7-8-14-11(3)15-13/h7-10,12H,4-6H2,1-3H3,(H,14,15,16). The Morgan fingerprint density at radius 1 is 1.31 bits per heavy atom. The highest BCUT2D eigenvalue weighted by atomic mass is 15.0. The summed E-state index contributed by atoms with van der Waals surface area (Å²) in [6.07, 6.45) is 5.77. The molecule has 0 spiro atoms. The van der Waals surface area contributed by atoms with Crippen molar-refractivity contribution in [3.05, 3.63) is 18.1 Å². The summed E-state index contributed by atoms with van der Waals surface area (Å²) in [6, 6.07) is 2.52. The van der Waals surface area contributed by atoms with Crippen LogP contribution in [0.3, 0.4) is 0 Å². The molecular weight excluding hydrogens is 198 g/mol. The minimum atomic E-state index is 0.568. The summed E-state index contributed by atoms with van der Waals surface area (Å²) in [6.45, 7) is 6.62. The molecule has 3 atom stereocenters. The first-order valence-corrected chi connectivity index (χ1v) is 6.23. The molecule has 0 aromatic carbocycles. The monoisotopic (exact) mass is 219 g/mol. The van der Waals surface area contributed by atoms with Crippen LogP contribution in [0.5, 0.6) is 0 Å². The second-order valence-corrected chi connectivity index (χ2v) is 5.01. The van der Waals surface area contributed by atoms with Crippen molar-refractivity contribution in [2.24, 2.45) is 11.8 Å². The Balaban J connectivity index is 2.03. The molecule has 1 fully saturated rings. The summed E-state index contributed by atoms with van der Waals surface area (Å²) in [5.41, 5.74) is 0. The lowest BCUT2D eigenvalue weighted by Gasteiger charge is -2.34. The number of rotatable bonds is 2. The maximum absolute atomic E-state index is 4.40. The number of nitrogens with zero attached hydrogens (tertiary/aromatic N) is 2. The van der Waals surface area contributed by atoms with Gasteiger partial charge < -0.3 is 5.32 Å². The molecule has 0 radical (unpaired) electrons. The van der Waals surface area contributed by atoms with E-state index in [4.69, 9.17) is 0 Å². The SMILES string of the molecule is Cc1nccc(NC2CCCC(C)C2C)n1. The van der Waals surface area contributed by atoms with Crippen LogP contribution in [0.1, 0.15) is 38.9 Å². The highest BCUT2D eigenvalue weighted by molar-refractivity contribution is 5.34. The van der Waals surface area contributed by atoms with Crippen LogP contribution in [-0.2, 0) is 0 Å². The predicted molar refractivity (Wildman–Crippen MR) is 66.4 cm³/mol. The first kappa shape index (κ1) is 11.4. The molecule has 2 rings (SSSR count). The van der Waals surface area contributed by atoms with E-state index in [-0.39, 0.29) is 0 Å². The van der Waals surface area contributed by atoms with E-state index in [1.165, 1.54) is 19.3 Å². The van der Waals surface area contributed by atoms with Crippen LogP contribution < -0.4 is 5.32 Å². The van der Waals surface area contributed by atoms with Crippen molar-refractivity contribution >= 4 is 5.82 Å². The number of hydrogen-bond donors (Lipinski definition) is 1. The van der Waals surface area contributed by atoms with Gasteiger partial charge in [0.25, 0.3) is 0 Å². The van der Waals surface area contributed by atoms with Crippen molar-refractivity contribution in [3.8, 4) is 0 Å². The highest BCUT2D eigenvalue weighted by Gasteiger charge is 2.26. The van der Waals surface area contributed by atoms with Crippen molar-refractivity contribution in [2.75, 3.05) is 5.32 Å². The number of nitrogens with one attached hydrogen (secondary N) is 1. The zero-order chi connectivity index (χ0) is 11.5. The third kappa shape index (κ3) is 2.52. The quantitative estimate of drug-likeness (QED) is 0.830. The van der Waals surface area contributed by atoms with E-state index in [1.54, 1.807) is 0 Å². The molecule has 0 saturated heterocycles. The minimum Gasteiger partial charge on any atom is -0.367 e. The molecule has 16 heavy (non-hydrogen) atoms. The summed E-state index contributed by atoms with van der Waals surface area (Å²) in [5.74, 6) is 3.35. The first-order valence-electron chi connectivity index (χ1n) is 6.23. The lowest BCUT2D eigenvalue weighted by atomic mass is 9.78. The molecule has 1 aliphatic rings. The van der Waals surface area contributed by atoms with Crippen molar-refractivity contribution in [2.45, 2.75) is 46.1 Å². The molecule has 3 nitrogen and oxygen atoms in total. The second-order valence-electron chi connectivity index (χ2n) is 5.01. The van der Waals surface area contributed by atoms with Gasteiger partial charge in [-0.1, -0.05) is 26.7 Å². The van der Waals surface area contributed by atoms with Gasteiger partial charge in [0.15, 0.2) is 0 Å². The lowest BCUT2D eigenvalue weighted by molar-refractivity contribution is 0.253. The topological polar surface area (TPSA) is 37.8 Å². The van der Waals surface area contributed by atoms with E-state index >= 15 is 0 Å². The Labute approximate surface area is 97.7 Å². The van der Waals surface area contributed by atoms with Crippen LogP contribution >= 0.6 is 0 Å². The zero-order valence-corrected chi connectivity index (χ0v) is 10.4. The van der Waals surface area contributed by atoms with Crippen LogP contribution in [0.25, 0.3) is 0 Å². The molecule has 1 aromatic heterocycles. The van der Waals surface area contributed by atoms with Crippen molar-refractivity contribution in [1.29, 1.82) is 0 Å². The summed E-state index contributed by atoms with van der Waals surface area (Å²) >= 11 is 0. The number of aryl methyl sites for hydroxylation is 1. The Morgan fingerprint density at radius 2 is 2.12 bits per heavy atom. The van der Waals surface area contributed by atoms with Crippen molar-refractivity contribution in [3.63, 3.8) is 0 Å². The molecule has 0 aliphatic heterocycles. The molecular formula is C13H21N3. The van der Waals surface area contributed by atoms with Crippen LogP contribution in [0, 0.1) is 18.8 Å². The van der Waals surface area contributed by atoms with Gasteiger partial charge in [0, 0.05) is 12.2 Å². The number of anilines is 1. The second kappa shape index (κ2) is 4.81. The summed E-state index contributed by atoms with van der Waals surface area (Å²) < 4.78 is 0. The van der Waals surface area contributed by atoms with Crippen LogP contribution in [0.4, 0.5) is 5.82 Å². The molecule has 3 unspecified atom stereocenters. The van der Waals surface area contributed by atoms with Gasteiger partial charge >= 0.3 is 0 Å². The van der Waals surface area contributed by atoms with Gasteiger partial charge in [0.05, 0.1) is 0 Å². The maximum Gasteiger partial charge on any atom is 0.129 e. The normalized spacial score (nSPS) is 30.1. The fraction of sp³-hybridized carbons (Fsp3) is 0.692. The Bertz CT molecular complexity index is 351. The van der Waals surface area contributed by atoms with Gasteiger partial charge in [-0.3, -0.25) is 0 Å². The van der Waals surface area contributed by atoms with Crippen LogP contribution in [0.2, 0.25) is 0 Å². The zero-order valence-electron chi connectivity index (χ0n) is 10.4. The largest absolute Gasteiger partial charge is 0.367 e. The number of aromatic nitrogens is 2. The van der Waals surface area contributed by atoms with Crippen molar-refractivity contribution < 1.29 is 0 Å². The van der Waals surface area contributed by atoms with Crippen LogP contribution in [-0.4, -0.2) is 16.0 Å². The van der Waals surface area contributed by atoms with E-state index in [0.29, 0.717) is 6.04 Å². The molecule has 1 heterocycles.